The molecule has 26 heavy (non-hydrogen) atoms. The molecule has 2 fully saturated rings. The van der Waals surface area contributed by atoms with Gasteiger partial charge in [-0.15, -0.1) is 0 Å². The Balaban J connectivity index is 1.46. The molecule has 0 unspecified atom stereocenters. The predicted octanol–water partition coefficient (Wildman–Crippen LogP) is 1.31. The molecule has 144 valence electrons. The molecule has 7 heteroatoms. The molecule has 2 heterocycles. The zero-order valence-corrected chi connectivity index (χ0v) is 16.5. The van der Waals surface area contributed by atoms with Crippen LogP contribution < -0.4 is 0 Å². The van der Waals surface area contributed by atoms with Gasteiger partial charge in [0, 0.05) is 51.7 Å². The van der Waals surface area contributed by atoms with Crippen molar-refractivity contribution >= 4 is 15.9 Å². The fourth-order valence-corrected chi connectivity index (χ4v) is 4.64. The maximum Gasteiger partial charge on any atom is 0.225 e. The van der Waals surface area contributed by atoms with Crippen LogP contribution in [-0.2, 0) is 21.4 Å². The van der Waals surface area contributed by atoms with Gasteiger partial charge in [-0.3, -0.25) is 9.69 Å². The van der Waals surface area contributed by atoms with Gasteiger partial charge in [0.25, 0.3) is 0 Å². The number of rotatable bonds is 4. The smallest absolute Gasteiger partial charge is 0.225 e. The van der Waals surface area contributed by atoms with E-state index in [4.69, 9.17) is 0 Å². The Hall–Kier alpha value is -1.44. The fraction of sp³-hybridized carbons (Fsp3) is 0.632. The quantitative estimate of drug-likeness (QED) is 0.791. The molecule has 1 aromatic rings. The van der Waals surface area contributed by atoms with Gasteiger partial charge in [0.15, 0.2) is 0 Å². The summed E-state index contributed by atoms with van der Waals surface area (Å²) in [5, 5.41) is 0. The summed E-state index contributed by atoms with van der Waals surface area (Å²) in [6.45, 7) is 7.24. The summed E-state index contributed by atoms with van der Waals surface area (Å²) < 4.78 is 24.7. The lowest BCUT2D eigenvalue weighted by molar-refractivity contribution is -0.138. The first-order valence-corrected chi connectivity index (χ1v) is 11.2. The zero-order chi connectivity index (χ0) is 18.7. The van der Waals surface area contributed by atoms with Crippen LogP contribution in [0.2, 0.25) is 0 Å². The van der Waals surface area contributed by atoms with Crippen molar-refractivity contribution in [1.29, 1.82) is 0 Å². The Bertz CT molecular complexity index is 717. The Morgan fingerprint density at radius 3 is 2.12 bits per heavy atom. The third-order valence-corrected chi connectivity index (χ3v) is 6.79. The van der Waals surface area contributed by atoms with E-state index in [1.807, 2.05) is 4.90 Å². The Morgan fingerprint density at radius 2 is 1.58 bits per heavy atom. The molecule has 0 spiro atoms. The molecule has 0 N–H and O–H groups in total. The topological polar surface area (TPSA) is 60.9 Å². The number of piperazine rings is 1. The molecule has 0 aromatic heterocycles. The van der Waals surface area contributed by atoms with Crippen LogP contribution in [0.15, 0.2) is 24.3 Å². The molecule has 2 saturated heterocycles. The van der Waals surface area contributed by atoms with Gasteiger partial charge in [-0.2, -0.15) is 0 Å². The zero-order valence-electron chi connectivity index (χ0n) is 15.7. The second-order valence-corrected chi connectivity index (χ2v) is 9.51. The number of hydrogen-bond acceptors (Lipinski definition) is 4. The van der Waals surface area contributed by atoms with Crippen molar-refractivity contribution < 1.29 is 13.2 Å². The van der Waals surface area contributed by atoms with Crippen LogP contribution in [0.4, 0.5) is 0 Å². The summed E-state index contributed by atoms with van der Waals surface area (Å²) in [6.07, 6.45) is 2.51. The van der Waals surface area contributed by atoms with Crippen LogP contribution in [0, 0.1) is 12.8 Å². The molecular weight excluding hydrogens is 350 g/mol. The van der Waals surface area contributed by atoms with E-state index in [1.165, 1.54) is 21.7 Å². The number of sulfonamides is 1. The van der Waals surface area contributed by atoms with Crippen LogP contribution in [0.5, 0.6) is 0 Å². The number of carbonyl (C=O) groups is 1. The molecule has 0 bridgehead atoms. The average molecular weight is 380 g/mol. The predicted molar refractivity (Wildman–Crippen MR) is 102 cm³/mol. The van der Waals surface area contributed by atoms with E-state index in [0.717, 1.165) is 32.7 Å². The molecule has 3 rings (SSSR count). The number of benzene rings is 1. The third-order valence-electron chi connectivity index (χ3n) is 5.48. The van der Waals surface area contributed by atoms with Gasteiger partial charge in [-0.05, 0) is 25.3 Å². The first kappa shape index (κ1) is 19.3. The third kappa shape index (κ3) is 4.84. The van der Waals surface area contributed by atoms with Crippen LogP contribution >= 0.6 is 0 Å². The Kier molecular flexibility index (Phi) is 5.99. The normalized spacial score (nSPS) is 21.1. The van der Waals surface area contributed by atoms with Gasteiger partial charge in [0.05, 0.1) is 6.26 Å². The van der Waals surface area contributed by atoms with E-state index in [2.05, 4.69) is 36.1 Å². The molecule has 0 aliphatic carbocycles. The molecule has 2 aliphatic heterocycles. The molecule has 6 nitrogen and oxygen atoms in total. The molecule has 1 aromatic carbocycles. The highest BCUT2D eigenvalue weighted by molar-refractivity contribution is 7.88. The van der Waals surface area contributed by atoms with Gasteiger partial charge < -0.3 is 4.90 Å². The van der Waals surface area contributed by atoms with Crippen LogP contribution in [-0.4, -0.2) is 74.0 Å². The van der Waals surface area contributed by atoms with Crippen molar-refractivity contribution in [2.75, 3.05) is 45.5 Å². The van der Waals surface area contributed by atoms with Crippen LogP contribution in [0.25, 0.3) is 0 Å². The number of carbonyl (C=O) groups excluding carboxylic acids is 1. The minimum atomic E-state index is -3.14. The van der Waals surface area contributed by atoms with E-state index in [-0.39, 0.29) is 11.8 Å². The number of hydrogen-bond donors (Lipinski definition) is 0. The highest BCUT2D eigenvalue weighted by Gasteiger charge is 2.32. The lowest BCUT2D eigenvalue weighted by atomic mass is 9.96. The Morgan fingerprint density at radius 1 is 1.00 bits per heavy atom. The van der Waals surface area contributed by atoms with E-state index >= 15 is 0 Å². The van der Waals surface area contributed by atoms with Gasteiger partial charge in [0.1, 0.15) is 0 Å². The largest absolute Gasteiger partial charge is 0.340 e. The maximum atomic E-state index is 12.8. The van der Waals surface area contributed by atoms with Crippen LogP contribution in [0.3, 0.4) is 0 Å². The van der Waals surface area contributed by atoms with Gasteiger partial charge in [0.2, 0.25) is 15.9 Å². The number of piperidine rings is 1. The van der Waals surface area contributed by atoms with Crippen molar-refractivity contribution in [3.63, 3.8) is 0 Å². The summed E-state index contributed by atoms with van der Waals surface area (Å²) in [5.41, 5.74) is 2.58. The van der Waals surface area contributed by atoms with Crippen molar-refractivity contribution in [3.8, 4) is 0 Å². The minimum absolute atomic E-state index is 0.0309. The minimum Gasteiger partial charge on any atom is -0.340 e. The summed E-state index contributed by atoms with van der Waals surface area (Å²) in [7, 11) is -3.14. The highest BCUT2D eigenvalue weighted by Crippen LogP contribution is 2.22. The standard InChI is InChI=1S/C19H29N3O3S/c1-16-3-5-17(6-4-16)15-20-11-13-21(14-12-20)19(23)18-7-9-22(10-8-18)26(2,24)25/h3-6,18H,7-15H2,1-2H3. The number of amides is 1. The molecule has 0 radical (unpaired) electrons. The lowest BCUT2D eigenvalue weighted by Gasteiger charge is -2.38. The molecule has 2 aliphatic rings. The molecular formula is C19H29N3O3S. The summed E-state index contributed by atoms with van der Waals surface area (Å²) in [6, 6.07) is 8.61. The average Bonchev–Trinajstić information content (AvgIpc) is 2.63. The highest BCUT2D eigenvalue weighted by atomic mass is 32.2. The van der Waals surface area contributed by atoms with Gasteiger partial charge >= 0.3 is 0 Å². The number of aryl methyl sites for hydroxylation is 1. The van der Waals surface area contributed by atoms with E-state index in [1.54, 1.807) is 0 Å². The number of nitrogens with zero attached hydrogens (tertiary/aromatic N) is 3. The van der Waals surface area contributed by atoms with Crippen LogP contribution in [0.1, 0.15) is 24.0 Å². The monoisotopic (exact) mass is 379 g/mol. The van der Waals surface area contributed by atoms with Crippen molar-refractivity contribution in [2.24, 2.45) is 5.92 Å². The second kappa shape index (κ2) is 8.06. The summed E-state index contributed by atoms with van der Waals surface area (Å²) >= 11 is 0. The van der Waals surface area contributed by atoms with E-state index in [0.29, 0.717) is 25.9 Å². The molecule has 0 saturated carbocycles. The Labute approximate surface area is 156 Å². The SMILES string of the molecule is Cc1ccc(CN2CCN(C(=O)C3CCN(S(C)(=O)=O)CC3)CC2)cc1. The second-order valence-electron chi connectivity index (χ2n) is 7.52. The first-order valence-electron chi connectivity index (χ1n) is 9.35. The molecule has 1 amide bonds. The molecule has 0 atom stereocenters. The lowest BCUT2D eigenvalue weighted by Crippen LogP contribution is -2.51. The maximum absolute atomic E-state index is 12.8. The van der Waals surface area contributed by atoms with E-state index in [9.17, 15) is 13.2 Å². The van der Waals surface area contributed by atoms with Crippen molar-refractivity contribution in [1.82, 2.24) is 14.1 Å². The fourth-order valence-electron chi connectivity index (χ4n) is 3.77. The van der Waals surface area contributed by atoms with Crippen molar-refractivity contribution in [3.05, 3.63) is 35.4 Å². The summed E-state index contributed by atoms with van der Waals surface area (Å²) in [5.74, 6) is 0.171. The van der Waals surface area contributed by atoms with Gasteiger partial charge in [-0.1, -0.05) is 29.8 Å². The van der Waals surface area contributed by atoms with Gasteiger partial charge in [-0.25, -0.2) is 12.7 Å². The van der Waals surface area contributed by atoms with Crippen molar-refractivity contribution in [2.45, 2.75) is 26.3 Å². The first-order chi connectivity index (χ1) is 12.3. The van der Waals surface area contributed by atoms with E-state index < -0.39 is 10.0 Å². The summed E-state index contributed by atoms with van der Waals surface area (Å²) in [4.78, 5) is 17.1.